The van der Waals surface area contributed by atoms with Gasteiger partial charge in [0.2, 0.25) is 0 Å². The Morgan fingerprint density at radius 3 is 2.66 bits per heavy atom. The molecule has 1 atom stereocenters. The SMILES string of the molecule is CC(C)N1C[C@@H](CN(C)Cc2ccc(Cl)cc2)Oc2c(NC(=O)c3ccnnc3)cccc2C1=O. The maximum Gasteiger partial charge on any atom is 0.258 e. The quantitative estimate of drug-likeness (QED) is 0.532. The number of aromatic nitrogens is 2. The highest BCUT2D eigenvalue weighted by molar-refractivity contribution is 6.30. The van der Waals surface area contributed by atoms with Gasteiger partial charge in [0.1, 0.15) is 6.10 Å². The van der Waals surface area contributed by atoms with Crippen LogP contribution in [0.3, 0.4) is 0 Å². The highest BCUT2D eigenvalue weighted by Gasteiger charge is 2.32. The van der Waals surface area contributed by atoms with Gasteiger partial charge in [-0.25, -0.2) is 0 Å². The number of carbonyl (C=O) groups is 2. The van der Waals surface area contributed by atoms with Crippen molar-refractivity contribution in [2.75, 3.05) is 25.5 Å². The van der Waals surface area contributed by atoms with E-state index in [2.05, 4.69) is 20.4 Å². The van der Waals surface area contributed by atoms with E-state index in [1.165, 1.54) is 12.4 Å². The molecule has 2 amide bonds. The van der Waals surface area contributed by atoms with E-state index in [1.54, 1.807) is 24.3 Å². The number of ether oxygens (including phenoxy) is 1. The van der Waals surface area contributed by atoms with Crippen LogP contribution >= 0.6 is 11.6 Å². The zero-order valence-corrected chi connectivity index (χ0v) is 20.7. The lowest BCUT2D eigenvalue weighted by Crippen LogP contribution is -2.45. The van der Waals surface area contributed by atoms with Crippen molar-refractivity contribution in [3.05, 3.63) is 82.6 Å². The fourth-order valence-corrected chi connectivity index (χ4v) is 4.19. The molecular formula is C26H28ClN5O3. The van der Waals surface area contributed by atoms with Gasteiger partial charge in [-0.2, -0.15) is 10.2 Å². The summed E-state index contributed by atoms with van der Waals surface area (Å²) in [5.41, 5.74) is 2.35. The van der Waals surface area contributed by atoms with Gasteiger partial charge in [-0.05, 0) is 56.8 Å². The highest BCUT2D eigenvalue weighted by atomic mass is 35.5. The Balaban J connectivity index is 1.59. The summed E-state index contributed by atoms with van der Waals surface area (Å²) in [6.45, 7) is 5.68. The molecule has 4 rings (SSSR count). The molecule has 0 radical (unpaired) electrons. The zero-order chi connectivity index (χ0) is 24.9. The largest absolute Gasteiger partial charge is 0.484 e. The summed E-state index contributed by atoms with van der Waals surface area (Å²) in [4.78, 5) is 30.2. The molecule has 1 aliphatic heterocycles. The summed E-state index contributed by atoms with van der Waals surface area (Å²) in [5.74, 6) is -0.105. The van der Waals surface area contributed by atoms with Crippen LogP contribution in [0.15, 0.2) is 60.9 Å². The predicted molar refractivity (Wildman–Crippen MR) is 135 cm³/mol. The number of anilines is 1. The lowest BCUT2D eigenvalue weighted by atomic mass is 10.1. The molecule has 0 aliphatic carbocycles. The Bertz CT molecular complexity index is 1190. The topological polar surface area (TPSA) is 87.7 Å². The predicted octanol–water partition coefficient (Wildman–Crippen LogP) is 4.13. The Hall–Kier alpha value is -3.49. The van der Waals surface area contributed by atoms with E-state index in [-0.39, 0.29) is 24.0 Å². The van der Waals surface area contributed by atoms with Gasteiger partial charge in [0.25, 0.3) is 11.8 Å². The van der Waals surface area contributed by atoms with Crippen LogP contribution in [-0.4, -0.2) is 64.1 Å². The van der Waals surface area contributed by atoms with E-state index in [0.717, 1.165) is 5.56 Å². The molecular weight excluding hydrogens is 466 g/mol. The van der Waals surface area contributed by atoms with Gasteiger partial charge in [0.05, 0.1) is 35.8 Å². The molecule has 182 valence electrons. The molecule has 3 aromatic rings. The van der Waals surface area contributed by atoms with Gasteiger partial charge >= 0.3 is 0 Å². The van der Waals surface area contributed by atoms with Crippen LogP contribution < -0.4 is 10.1 Å². The second-order valence-corrected chi connectivity index (χ2v) is 9.32. The third-order valence-electron chi connectivity index (χ3n) is 5.79. The number of fused-ring (bicyclic) bond motifs is 1. The summed E-state index contributed by atoms with van der Waals surface area (Å²) in [6, 6.07) is 14.5. The van der Waals surface area contributed by atoms with Crippen LogP contribution in [-0.2, 0) is 6.54 Å². The third-order valence-corrected chi connectivity index (χ3v) is 6.04. The van der Waals surface area contributed by atoms with Crippen molar-refractivity contribution in [3.8, 4) is 5.75 Å². The highest BCUT2D eigenvalue weighted by Crippen LogP contribution is 2.34. The standard InChI is InChI=1S/C26H28ClN5O3/c1-17(2)32-16-21(15-31(3)14-18-7-9-20(27)10-8-18)35-24-22(26(32)34)5-4-6-23(24)30-25(33)19-11-12-28-29-13-19/h4-13,17,21H,14-16H2,1-3H3,(H,30,33)/t21-/m1/s1. The molecule has 1 N–H and O–H groups in total. The number of rotatable bonds is 7. The normalized spacial score (nSPS) is 15.5. The van der Waals surface area contributed by atoms with Crippen LogP contribution in [0.2, 0.25) is 5.02 Å². The molecule has 8 nitrogen and oxygen atoms in total. The molecule has 2 heterocycles. The van der Waals surface area contributed by atoms with Gasteiger partial charge < -0.3 is 15.0 Å². The second kappa shape index (κ2) is 10.8. The number of halogens is 1. The van der Waals surface area contributed by atoms with E-state index in [1.807, 2.05) is 50.1 Å². The van der Waals surface area contributed by atoms with E-state index in [0.29, 0.717) is 47.2 Å². The monoisotopic (exact) mass is 493 g/mol. The maximum absolute atomic E-state index is 13.4. The van der Waals surface area contributed by atoms with Gasteiger partial charge in [0, 0.05) is 24.2 Å². The first-order valence-corrected chi connectivity index (χ1v) is 11.8. The molecule has 1 aliphatic rings. The van der Waals surface area contributed by atoms with Crippen molar-refractivity contribution in [1.29, 1.82) is 0 Å². The summed E-state index contributed by atoms with van der Waals surface area (Å²) >= 11 is 6.01. The number of hydrogen-bond acceptors (Lipinski definition) is 6. The van der Waals surface area contributed by atoms with Crippen molar-refractivity contribution in [1.82, 2.24) is 20.0 Å². The van der Waals surface area contributed by atoms with Gasteiger partial charge in [-0.3, -0.25) is 14.5 Å². The van der Waals surface area contributed by atoms with E-state index >= 15 is 0 Å². The third kappa shape index (κ3) is 5.96. The lowest BCUT2D eigenvalue weighted by molar-refractivity contribution is 0.0605. The molecule has 1 aromatic heterocycles. The molecule has 0 unspecified atom stereocenters. The fraction of sp³-hybridized carbons (Fsp3) is 0.308. The number of para-hydroxylation sites is 1. The Morgan fingerprint density at radius 1 is 1.20 bits per heavy atom. The second-order valence-electron chi connectivity index (χ2n) is 8.88. The number of carbonyl (C=O) groups excluding carboxylic acids is 2. The number of nitrogens with zero attached hydrogens (tertiary/aromatic N) is 4. The first-order chi connectivity index (χ1) is 16.8. The average molecular weight is 494 g/mol. The van der Waals surface area contributed by atoms with Crippen LogP contribution in [0, 0.1) is 0 Å². The lowest BCUT2D eigenvalue weighted by Gasteiger charge is -2.30. The molecule has 9 heteroatoms. The maximum atomic E-state index is 13.4. The van der Waals surface area contributed by atoms with E-state index in [9.17, 15) is 9.59 Å². The summed E-state index contributed by atoms with van der Waals surface area (Å²) < 4.78 is 6.44. The molecule has 0 fully saturated rings. The Morgan fingerprint density at radius 2 is 1.97 bits per heavy atom. The number of likely N-dealkylation sites (N-methyl/N-ethyl adjacent to an activating group) is 1. The van der Waals surface area contributed by atoms with E-state index in [4.69, 9.17) is 16.3 Å². The smallest absolute Gasteiger partial charge is 0.258 e. The van der Waals surface area contributed by atoms with Crippen molar-refractivity contribution >= 4 is 29.1 Å². The molecule has 0 bridgehead atoms. The van der Waals surface area contributed by atoms with Crippen molar-refractivity contribution in [2.45, 2.75) is 32.5 Å². The van der Waals surface area contributed by atoms with Gasteiger partial charge in [-0.1, -0.05) is 29.8 Å². The summed E-state index contributed by atoms with van der Waals surface area (Å²) in [6.07, 6.45) is 2.53. The minimum Gasteiger partial charge on any atom is -0.484 e. The number of nitrogens with one attached hydrogen (secondary N) is 1. The molecule has 0 spiro atoms. The van der Waals surface area contributed by atoms with Crippen LogP contribution in [0.5, 0.6) is 5.75 Å². The first kappa shape index (κ1) is 24.6. The number of benzene rings is 2. The fourth-order valence-electron chi connectivity index (χ4n) is 4.07. The minimum atomic E-state index is -0.356. The number of amides is 2. The molecule has 2 aromatic carbocycles. The van der Waals surface area contributed by atoms with Crippen LogP contribution in [0.25, 0.3) is 0 Å². The number of hydrogen-bond donors (Lipinski definition) is 1. The van der Waals surface area contributed by atoms with E-state index < -0.39 is 0 Å². The van der Waals surface area contributed by atoms with Crippen molar-refractivity contribution < 1.29 is 14.3 Å². The minimum absolute atomic E-state index is 0.0118. The van der Waals surface area contributed by atoms with Crippen molar-refractivity contribution in [2.24, 2.45) is 0 Å². The summed E-state index contributed by atoms with van der Waals surface area (Å²) in [7, 11) is 2.01. The Kier molecular flexibility index (Phi) is 7.63. The molecule has 0 saturated carbocycles. The van der Waals surface area contributed by atoms with Gasteiger partial charge in [-0.15, -0.1) is 0 Å². The molecule has 35 heavy (non-hydrogen) atoms. The molecule has 0 saturated heterocycles. The summed E-state index contributed by atoms with van der Waals surface area (Å²) in [5, 5.41) is 11.0. The van der Waals surface area contributed by atoms with Crippen molar-refractivity contribution in [3.63, 3.8) is 0 Å². The van der Waals surface area contributed by atoms with Crippen LogP contribution in [0.1, 0.15) is 40.1 Å². The first-order valence-electron chi connectivity index (χ1n) is 11.4. The average Bonchev–Trinajstić information content (AvgIpc) is 2.98. The van der Waals surface area contributed by atoms with Crippen LogP contribution in [0.4, 0.5) is 5.69 Å². The Labute approximate surface area is 209 Å². The zero-order valence-electron chi connectivity index (χ0n) is 19.9. The van der Waals surface area contributed by atoms with Gasteiger partial charge in [0.15, 0.2) is 5.75 Å².